The Kier molecular flexibility index (Phi) is 3.04. The first-order valence-corrected chi connectivity index (χ1v) is 6.66. The second-order valence-electron chi connectivity index (χ2n) is 5.17. The predicted molar refractivity (Wildman–Crippen MR) is 73.1 cm³/mol. The molecule has 1 aliphatic heterocycles. The zero-order valence-electron chi connectivity index (χ0n) is 11.1. The van der Waals surface area contributed by atoms with Gasteiger partial charge in [-0.15, -0.1) is 0 Å². The van der Waals surface area contributed by atoms with E-state index in [0.717, 1.165) is 12.8 Å². The smallest absolute Gasteiger partial charge is 0.258 e. The van der Waals surface area contributed by atoms with Crippen LogP contribution in [0.1, 0.15) is 30.1 Å². The van der Waals surface area contributed by atoms with Gasteiger partial charge in [0.2, 0.25) is 0 Å². The number of carbonyl (C=O) groups excluding carboxylic acids is 1. The van der Waals surface area contributed by atoms with Crippen LogP contribution in [-0.4, -0.2) is 33.5 Å². The number of rotatable bonds is 1. The van der Waals surface area contributed by atoms with Crippen LogP contribution in [0, 0.1) is 5.82 Å². The minimum atomic E-state index is -0.413. The van der Waals surface area contributed by atoms with Gasteiger partial charge in [-0.05, 0) is 31.9 Å². The third kappa shape index (κ3) is 1.99. The molecule has 4 nitrogen and oxygen atoms in total. The summed E-state index contributed by atoms with van der Waals surface area (Å²) in [6, 6.07) is 4.18. The normalized spacial score (nSPS) is 18.7. The molecule has 5 heteroatoms. The molecule has 20 heavy (non-hydrogen) atoms. The summed E-state index contributed by atoms with van der Waals surface area (Å²) in [6.07, 6.45) is 3.13. The van der Waals surface area contributed by atoms with E-state index >= 15 is 0 Å². The van der Waals surface area contributed by atoms with Gasteiger partial charge >= 0.3 is 0 Å². The summed E-state index contributed by atoms with van der Waals surface area (Å²) in [5, 5.41) is 10.5. The number of aromatic nitrogens is 1. The van der Waals surface area contributed by atoms with Crippen LogP contribution in [0.5, 0.6) is 5.75 Å². The summed E-state index contributed by atoms with van der Waals surface area (Å²) < 4.78 is 13.2. The number of hydrogen-bond donors (Lipinski definition) is 1. The van der Waals surface area contributed by atoms with Gasteiger partial charge in [-0.25, -0.2) is 4.39 Å². The fourth-order valence-corrected chi connectivity index (χ4v) is 2.76. The summed E-state index contributed by atoms with van der Waals surface area (Å²) in [5.74, 6) is -0.789. The number of benzene rings is 1. The fourth-order valence-electron chi connectivity index (χ4n) is 2.76. The van der Waals surface area contributed by atoms with Crippen molar-refractivity contribution in [1.29, 1.82) is 0 Å². The summed E-state index contributed by atoms with van der Waals surface area (Å²) in [4.78, 5) is 18.3. The van der Waals surface area contributed by atoms with Crippen molar-refractivity contribution in [3.63, 3.8) is 0 Å². The number of nitrogens with zero attached hydrogens (tertiary/aromatic N) is 2. The molecule has 0 aliphatic carbocycles. The lowest BCUT2D eigenvalue weighted by Crippen LogP contribution is -2.33. The highest BCUT2D eigenvalue weighted by Gasteiger charge is 2.29. The first-order chi connectivity index (χ1) is 9.58. The number of hydrogen-bond acceptors (Lipinski definition) is 3. The molecule has 1 aromatic heterocycles. The molecule has 0 bridgehead atoms. The van der Waals surface area contributed by atoms with Gasteiger partial charge < -0.3 is 10.0 Å². The van der Waals surface area contributed by atoms with E-state index < -0.39 is 5.82 Å². The number of likely N-dealkylation sites (tertiary alicyclic amines) is 1. The average molecular weight is 274 g/mol. The highest BCUT2D eigenvalue weighted by atomic mass is 19.1. The summed E-state index contributed by atoms with van der Waals surface area (Å²) in [7, 11) is 0. The molecule has 1 amide bonds. The van der Waals surface area contributed by atoms with Crippen molar-refractivity contribution in [3.8, 4) is 5.75 Å². The zero-order chi connectivity index (χ0) is 14.3. The van der Waals surface area contributed by atoms with E-state index in [1.165, 1.54) is 24.4 Å². The molecule has 1 unspecified atom stereocenters. The van der Waals surface area contributed by atoms with Crippen LogP contribution in [-0.2, 0) is 0 Å². The third-order valence-electron chi connectivity index (χ3n) is 3.84. The monoisotopic (exact) mass is 274 g/mol. The molecule has 3 rings (SSSR count). The Labute approximate surface area is 115 Å². The molecular formula is C15H15FN2O2. The minimum absolute atomic E-state index is 0.158. The molecule has 2 aromatic rings. The molecule has 104 valence electrons. The third-order valence-corrected chi connectivity index (χ3v) is 3.84. The van der Waals surface area contributed by atoms with E-state index in [0.29, 0.717) is 17.4 Å². The number of halogens is 1. The molecule has 2 heterocycles. The van der Waals surface area contributed by atoms with Crippen LogP contribution in [0.3, 0.4) is 0 Å². The molecule has 1 aliphatic rings. The maximum atomic E-state index is 13.2. The van der Waals surface area contributed by atoms with Crippen molar-refractivity contribution in [2.75, 3.05) is 6.54 Å². The Bertz CT molecular complexity index is 687. The first-order valence-electron chi connectivity index (χ1n) is 6.66. The maximum absolute atomic E-state index is 13.2. The summed E-state index contributed by atoms with van der Waals surface area (Å²) in [5.41, 5.74) is 0.585. The Hall–Kier alpha value is -2.17. The first kappa shape index (κ1) is 12.8. The largest absolute Gasteiger partial charge is 0.505 e. The predicted octanol–water partition coefficient (Wildman–Crippen LogP) is 2.70. The Morgan fingerprint density at radius 2 is 2.30 bits per heavy atom. The quantitative estimate of drug-likeness (QED) is 0.870. The van der Waals surface area contributed by atoms with Crippen molar-refractivity contribution in [2.24, 2.45) is 0 Å². The van der Waals surface area contributed by atoms with Gasteiger partial charge in [0, 0.05) is 24.0 Å². The van der Waals surface area contributed by atoms with Gasteiger partial charge in [0.25, 0.3) is 5.91 Å². The molecule has 0 spiro atoms. The molecule has 0 saturated carbocycles. The number of fused-ring (bicyclic) bond motifs is 1. The highest BCUT2D eigenvalue weighted by molar-refractivity contribution is 6.08. The van der Waals surface area contributed by atoms with Crippen molar-refractivity contribution < 1.29 is 14.3 Å². The SMILES string of the molecule is CC1CCCN1C(=O)c1c(O)cnc2cc(F)ccc12. The molecular weight excluding hydrogens is 259 g/mol. The van der Waals surface area contributed by atoms with Crippen LogP contribution in [0.4, 0.5) is 4.39 Å². The standard InChI is InChI=1S/C15H15FN2O2/c1-9-3-2-6-18(9)15(20)14-11-5-4-10(16)7-12(11)17-8-13(14)19/h4-5,7-9,19H,2-3,6H2,1H3. The average Bonchev–Trinajstić information content (AvgIpc) is 2.84. The van der Waals surface area contributed by atoms with Crippen LogP contribution >= 0.6 is 0 Å². The van der Waals surface area contributed by atoms with Gasteiger partial charge in [-0.2, -0.15) is 0 Å². The molecule has 1 atom stereocenters. The summed E-state index contributed by atoms with van der Waals surface area (Å²) in [6.45, 7) is 2.68. The van der Waals surface area contributed by atoms with Crippen LogP contribution in [0.2, 0.25) is 0 Å². The van der Waals surface area contributed by atoms with E-state index in [1.807, 2.05) is 6.92 Å². The lowest BCUT2D eigenvalue weighted by Gasteiger charge is -2.22. The van der Waals surface area contributed by atoms with E-state index in [-0.39, 0.29) is 23.3 Å². The highest BCUT2D eigenvalue weighted by Crippen LogP contribution is 2.29. The topological polar surface area (TPSA) is 53.4 Å². The van der Waals surface area contributed by atoms with E-state index in [9.17, 15) is 14.3 Å². The minimum Gasteiger partial charge on any atom is -0.505 e. The molecule has 1 fully saturated rings. The van der Waals surface area contributed by atoms with Gasteiger partial charge in [0.1, 0.15) is 11.6 Å². The van der Waals surface area contributed by atoms with E-state index in [4.69, 9.17) is 0 Å². The lowest BCUT2D eigenvalue weighted by atomic mass is 10.1. The van der Waals surface area contributed by atoms with Crippen molar-refractivity contribution >= 4 is 16.8 Å². The molecule has 1 saturated heterocycles. The second-order valence-corrected chi connectivity index (χ2v) is 5.17. The molecule has 1 aromatic carbocycles. The van der Waals surface area contributed by atoms with Crippen molar-refractivity contribution in [2.45, 2.75) is 25.8 Å². The van der Waals surface area contributed by atoms with Crippen molar-refractivity contribution in [1.82, 2.24) is 9.88 Å². The van der Waals surface area contributed by atoms with E-state index in [2.05, 4.69) is 4.98 Å². The molecule has 1 N–H and O–H groups in total. The Balaban J connectivity index is 2.14. The van der Waals surface area contributed by atoms with E-state index in [1.54, 1.807) is 4.90 Å². The number of aromatic hydroxyl groups is 1. The van der Waals surface area contributed by atoms with Crippen LogP contribution in [0.25, 0.3) is 10.9 Å². The van der Waals surface area contributed by atoms with Crippen molar-refractivity contribution in [3.05, 3.63) is 35.8 Å². The number of carbonyl (C=O) groups is 1. The van der Waals surface area contributed by atoms with Crippen LogP contribution in [0.15, 0.2) is 24.4 Å². The van der Waals surface area contributed by atoms with Gasteiger partial charge in [0.15, 0.2) is 0 Å². The van der Waals surface area contributed by atoms with Gasteiger partial charge in [0.05, 0.1) is 17.3 Å². The Morgan fingerprint density at radius 3 is 3.00 bits per heavy atom. The lowest BCUT2D eigenvalue weighted by molar-refractivity contribution is 0.0746. The van der Waals surface area contributed by atoms with Crippen LogP contribution < -0.4 is 0 Å². The van der Waals surface area contributed by atoms with Gasteiger partial charge in [-0.1, -0.05) is 0 Å². The van der Waals surface area contributed by atoms with Gasteiger partial charge in [-0.3, -0.25) is 9.78 Å². The second kappa shape index (κ2) is 4.74. The summed E-state index contributed by atoms with van der Waals surface area (Å²) >= 11 is 0. The zero-order valence-corrected chi connectivity index (χ0v) is 11.1. The number of amides is 1. The number of pyridine rings is 1. The Morgan fingerprint density at radius 1 is 1.50 bits per heavy atom. The maximum Gasteiger partial charge on any atom is 0.258 e. The molecule has 0 radical (unpaired) electrons. The fraction of sp³-hybridized carbons (Fsp3) is 0.333.